The number of rotatable bonds is 4. The van der Waals surface area contributed by atoms with Gasteiger partial charge in [0.05, 0.1) is 11.4 Å². The van der Waals surface area contributed by atoms with E-state index in [4.69, 9.17) is 9.97 Å². The van der Waals surface area contributed by atoms with E-state index in [0.717, 1.165) is 28.1 Å². The predicted octanol–water partition coefficient (Wildman–Crippen LogP) is 5.68. The van der Waals surface area contributed by atoms with E-state index in [2.05, 4.69) is 0 Å². The van der Waals surface area contributed by atoms with Crippen LogP contribution in [0.2, 0.25) is 0 Å². The summed E-state index contributed by atoms with van der Waals surface area (Å²) in [7, 11) is 0. The minimum atomic E-state index is 0.0548. The lowest BCUT2D eigenvalue weighted by molar-refractivity contribution is 0.101. The smallest absolute Gasteiger partial charge is 0.160 e. The monoisotopic (exact) mass is 350 g/mol. The van der Waals surface area contributed by atoms with Crippen molar-refractivity contribution in [1.29, 1.82) is 0 Å². The summed E-state index contributed by atoms with van der Waals surface area (Å²) < 4.78 is 0. The predicted molar refractivity (Wildman–Crippen MR) is 108 cm³/mol. The molecule has 0 amide bonds. The maximum Gasteiger partial charge on any atom is 0.160 e. The molecule has 0 spiro atoms. The van der Waals surface area contributed by atoms with Gasteiger partial charge in [-0.3, -0.25) is 4.79 Å². The molecule has 0 atom stereocenters. The van der Waals surface area contributed by atoms with Crippen LogP contribution in [0, 0.1) is 0 Å². The highest BCUT2D eigenvalue weighted by atomic mass is 16.1. The van der Waals surface area contributed by atoms with Crippen LogP contribution < -0.4 is 0 Å². The summed E-state index contributed by atoms with van der Waals surface area (Å²) in [5.74, 6) is 0.738. The SMILES string of the molecule is CC(=O)c1ccc(-c2cc(-c3ccccc3)nc(-c3ccccc3)n2)cc1. The highest BCUT2D eigenvalue weighted by Crippen LogP contribution is 2.27. The van der Waals surface area contributed by atoms with Gasteiger partial charge < -0.3 is 0 Å². The minimum absolute atomic E-state index is 0.0548. The van der Waals surface area contributed by atoms with Gasteiger partial charge in [0.1, 0.15) is 0 Å². The number of nitrogens with zero attached hydrogens (tertiary/aromatic N) is 2. The summed E-state index contributed by atoms with van der Waals surface area (Å²) in [5, 5.41) is 0. The molecule has 0 aliphatic carbocycles. The molecule has 130 valence electrons. The van der Waals surface area contributed by atoms with Gasteiger partial charge in [0.15, 0.2) is 11.6 Å². The molecule has 3 nitrogen and oxygen atoms in total. The van der Waals surface area contributed by atoms with Crippen LogP contribution in [-0.2, 0) is 0 Å². The van der Waals surface area contributed by atoms with Crippen LogP contribution in [0.15, 0.2) is 91.0 Å². The van der Waals surface area contributed by atoms with Gasteiger partial charge in [0, 0.05) is 22.3 Å². The molecule has 0 saturated heterocycles. The molecule has 0 N–H and O–H groups in total. The van der Waals surface area contributed by atoms with Crippen molar-refractivity contribution in [3.8, 4) is 33.9 Å². The second-order valence-electron chi connectivity index (χ2n) is 6.33. The lowest BCUT2D eigenvalue weighted by atomic mass is 10.0. The topological polar surface area (TPSA) is 42.9 Å². The quantitative estimate of drug-likeness (QED) is 0.445. The maximum absolute atomic E-state index is 11.5. The minimum Gasteiger partial charge on any atom is -0.295 e. The Hall–Kier alpha value is -3.59. The van der Waals surface area contributed by atoms with Crippen molar-refractivity contribution < 1.29 is 4.79 Å². The summed E-state index contributed by atoms with van der Waals surface area (Å²) in [6, 6.07) is 29.6. The number of aromatic nitrogens is 2. The summed E-state index contributed by atoms with van der Waals surface area (Å²) in [4.78, 5) is 21.1. The summed E-state index contributed by atoms with van der Waals surface area (Å²) in [6.45, 7) is 1.57. The van der Waals surface area contributed by atoms with Crippen LogP contribution in [-0.4, -0.2) is 15.8 Å². The number of carbonyl (C=O) groups is 1. The van der Waals surface area contributed by atoms with Crippen LogP contribution in [0.4, 0.5) is 0 Å². The molecule has 0 saturated carbocycles. The van der Waals surface area contributed by atoms with E-state index < -0.39 is 0 Å². The number of Topliss-reactive ketones (excluding diaryl/α,β-unsaturated/α-hetero) is 1. The van der Waals surface area contributed by atoms with Crippen LogP contribution >= 0.6 is 0 Å². The average Bonchev–Trinajstić information content (AvgIpc) is 2.75. The normalized spacial score (nSPS) is 10.6. The summed E-state index contributed by atoms with van der Waals surface area (Å²) >= 11 is 0. The van der Waals surface area contributed by atoms with Crippen molar-refractivity contribution >= 4 is 5.78 Å². The average molecular weight is 350 g/mol. The molecule has 0 aliphatic heterocycles. The molecule has 3 heteroatoms. The molecule has 0 aliphatic rings. The van der Waals surface area contributed by atoms with Crippen LogP contribution in [0.5, 0.6) is 0 Å². The number of ketones is 1. The van der Waals surface area contributed by atoms with Gasteiger partial charge in [0.25, 0.3) is 0 Å². The largest absolute Gasteiger partial charge is 0.295 e. The highest BCUT2D eigenvalue weighted by Gasteiger charge is 2.10. The summed E-state index contributed by atoms with van der Waals surface area (Å²) in [6.07, 6.45) is 0. The van der Waals surface area contributed by atoms with Crippen molar-refractivity contribution in [1.82, 2.24) is 9.97 Å². The molecule has 1 heterocycles. The fourth-order valence-electron chi connectivity index (χ4n) is 2.94. The molecule has 0 bridgehead atoms. The molecule has 1 aromatic heterocycles. The Labute approximate surface area is 158 Å². The second-order valence-corrected chi connectivity index (χ2v) is 6.33. The zero-order valence-corrected chi connectivity index (χ0v) is 15.0. The number of carbonyl (C=O) groups excluding carboxylic acids is 1. The first-order chi connectivity index (χ1) is 13.2. The Morgan fingerprint density at radius 1 is 0.630 bits per heavy atom. The molecule has 4 rings (SSSR count). The first-order valence-corrected chi connectivity index (χ1v) is 8.82. The van der Waals surface area contributed by atoms with Gasteiger partial charge in [-0.15, -0.1) is 0 Å². The van der Waals surface area contributed by atoms with E-state index in [-0.39, 0.29) is 5.78 Å². The molecular weight excluding hydrogens is 332 g/mol. The lowest BCUT2D eigenvalue weighted by Gasteiger charge is -2.09. The van der Waals surface area contributed by atoms with E-state index in [9.17, 15) is 4.79 Å². The van der Waals surface area contributed by atoms with Gasteiger partial charge >= 0.3 is 0 Å². The van der Waals surface area contributed by atoms with E-state index >= 15 is 0 Å². The van der Waals surface area contributed by atoms with Gasteiger partial charge in [-0.05, 0) is 13.0 Å². The fourth-order valence-corrected chi connectivity index (χ4v) is 2.94. The molecule has 0 radical (unpaired) electrons. The van der Waals surface area contributed by atoms with Crippen LogP contribution in [0.25, 0.3) is 33.9 Å². The number of benzene rings is 3. The Balaban J connectivity index is 1.86. The third-order valence-electron chi connectivity index (χ3n) is 4.41. The molecule has 0 unspecified atom stereocenters. The fraction of sp³-hybridized carbons (Fsp3) is 0.0417. The standard InChI is InChI=1S/C24H18N2O/c1-17(27)18-12-14-20(15-13-18)23-16-22(19-8-4-2-5-9-19)25-24(26-23)21-10-6-3-7-11-21/h2-16H,1H3. The van der Waals surface area contributed by atoms with Gasteiger partial charge in [-0.2, -0.15) is 0 Å². The first kappa shape index (κ1) is 16.9. The zero-order chi connectivity index (χ0) is 18.6. The first-order valence-electron chi connectivity index (χ1n) is 8.82. The Bertz CT molecular complexity index is 1010. The van der Waals surface area contributed by atoms with Crippen LogP contribution in [0.3, 0.4) is 0 Å². The van der Waals surface area contributed by atoms with Gasteiger partial charge in [-0.1, -0.05) is 84.9 Å². The highest BCUT2D eigenvalue weighted by molar-refractivity contribution is 5.94. The molecule has 0 fully saturated rings. The Kier molecular flexibility index (Phi) is 4.58. The summed E-state index contributed by atoms with van der Waals surface area (Å²) in [5.41, 5.74) is 5.36. The Morgan fingerprint density at radius 2 is 1.11 bits per heavy atom. The van der Waals surface area contributed by atoms with Crippen LogP contribution in [0.1, 0.15) is 17.3 Å². The third-order valence-corrected chi connectivity index (χ3v) is 4.41. The van der Waals surface area contributed by atoms with Crippen molar-refractivity contribution in [2.45, 2.75) is 6.92 Å². The van der Waals surface area contributed by atoms with E-state index in [1.165, 1.54) is 0 Å². The molecule has 27 heavy (non-hydrogen) atoms. The number of hydrogen-bond acceptors (Lipinski definition) is 3. The lowest BCUT2D eigenvalue weighted by Crippen LogP contribution is -1.96. The Morgan fingerprint density at radius 3 is 1.63 bits per heavy atom. The van der Waals surface area contributed by atoms with Crippen molar-refractivity contribution in [3.63, 3.8) is 0 Å². The van der Waals surface area contributed by atoms with E-state index in [1.54, 1.807) is 6.92 Å². The van der Waals surface area contributed by atoms with Gasteiger partial charge in [-0.25, -0.2) is 9.97 Å². The molecule has 3 aromatic carbocycles. The molecule has 4 aromatic rings. The second kappa shape index (κ2) is 7.34. The van der Waals surface area contributed by atoms with E-state index in [1.807, 2.05) is 91.0 Å². The molecular formula is C24H18N2O. The van der Waals surface area contributed by atoms with Crippen molar-refractivity contribution in [2.24, 2.45) is 0 Å². The number of hydrogen-bond donors (Lipinski definition) is 0. The van der Waals surface area contributed by atoms with Gasteiger partial charge in [0.2, 0.25) is 0 Å². The van der Waals surface area contributed by atoms with E-state index in [0.29, 0.717) is 11.4 Å². The maximum atomic E-state index is 11.5. The third kappa shape index (κ3) is 3.67. The zero-order valence-electron chi connectivity index (χ0n) is 15.0. The van der Waals surface area contributed by atoms with Crippen molar-refractivity contribution in [2.75, 3.05) is 0 Å². The van der Waals surface area contributed by atoms with Crippen molar-refractivity contribution in [3.05, 3.63) is 96.6 Å².